The Hall–Kier alpha value is 0.530. The van der Waals surface area contributed by atoms with Crippen LogP contribution in [0.25, 0.3) is 0 Å². The van der Waals surface area contributed by atoms with Crippen molar-refractivity contribution in [3.05, 3.63) is 15.9 Å². The van der Waals surface area contributed by atoms with Gasteiger partial charge in [0.25, 0.3) is 0 Å². The average Bonchev–Trinajstić information content (AvgIpc) is 2.37. The second-order valence-corrected chi connectivity index (χ2v) is 6.12. The van der Waals surface area contributed by atoms with Crippen LogP contribution >= 0.6 is 39.0 Å². The van der Waals surface area contributed by atoms with Gasteiger partial charge in [-0.05, 0) is 40.2 Å². The van der Waals surface area contributed by atoms with Crippen LogP contribution < -0.4 is 0 Å². The maximum Gasteiger partial charge on any atom is 0.0710 e. The van der Waals surface area contributed by atoms with E-state index in [-0.39, 0.29) is 0 Å². The van der Waals surface area contributed by atoms with E-state index in [1.54, 1.807) is 0 Å². The largest absolute Gasteiger partial charge is 0.122 e. The second kappa shape index (κ2) is 5.22. The Morgan fingerprint density at radius 2 is 2.36 bits per heavy atom. The lowest BCUT2D eigenvalue weighted by atomic mass is 10.4. The van der Waals surface area contributed by atoms with E-state index in [1.807, 2.05) is 23.1 Å². The predicted molar refractivity (Wildman–Crippen MR) is 57.7 cm³/mol. The number of unbranched alkanes of at least 4 members (excludes halogenated alkanes) is 1. The molecule has 0 spiro atoms. The van der Waals surface area contributed by atoms with E-state index in [9.17, 15) is 0 Å². The molecule has 0 N–H and O–H groups in total. The summed E-state index contributed by atoms with van der Waals surface area (Å²) < 4.78 is 2.65. The van der Waals surface area contributed by atoms with Crippen molar-refractivity contribution in [1.29, 1.82) is 0 Å². The number of hydrogen-bond acceptors (Lipinski definition) is 2. The van der Waals surface area contributed by atoms with Crippen LogP contribution in [-0.4, -0.2) is 5.75 Å². The van der Waals surface area contributed by atoms with E-state index >= 15 is 0 Å². The molecule has 0 bridgehead atoms. The van der Waals surface area contributed by atoms with Gasteiger partial charge < -0.3 is 0 Å². The first kappa shape index (κ1) is 9.62. The Balaban J connectivity index is 2.27. The highest BCUT2D eigenvalue weighted by Crippen LogP contribution is 2.30. The maximum absolute atomic E-state index is 3.45. The third-order valence-corrected chi connectivity index (χ3v) is 4.23. The number of rotatable bonds is 4. The Kier molecular flexibility index (Phi) is 4.57. The molecular formula is C8H11BrS2. The zero-order chi connectivity index (χ0) is 8.10. The van der Waals surface area contributed by atoms with Crippen LogP contribution in [0.5, 0.6) is 0 Å². The van der Waals surface area contributed by atoms with Gasteiger partial charge in [-0.1, -0.05) is 13.3 Å². The summed E-state index contributed by atoms with van der Waals surface area (Å²) in [5.74, 6) is 1.25. The van der Waals surface area contributed by atoms with Gasteiger partial charge in [-0.15, -0.1) is 23.1 Å². The summed E-state index contributed by atoms with van der Waals surface area (Å²) in [7, 11) is 0. The van der Waals surface area contributed by atoms with Crippen molar-refractivity contribution in [2.75, 3.05) is 5.75 Å². The molecule has 1 aromatic rings. The lowest BCUT2D eigenvalue weighted by molar-refractivity contribution is 0.896. The first-order valence-corrected chi connectivity index (χ1v) is 6.30. The van der Waals surface area contributed by atoms with Gasteiger partial charge in [-0.3, -0.25) is 0 Å². The lowest BCUT2D eigenvalue weighted by Crippen LogP contribution is -1.73. The van der Waals surface area contributed by atoms with Gasteiger partial charge in [-0.25, -0.2) is 0 Å². The molecule has 1 rings (SSSR count). The molecule has 0 atom stereocenters. The first-order valence-electron chi connectivity index (χ1n) is 3.71. The Bertz CT molecular complexity index is 208. The van der Waals surface area contributed by atoms with Gasteiger partial charge >= 0.3 is 0 Å². The van der Waals surface area contributed by atoms with E-state index < -0.39 is 0 Å². The molecule has 0 aromatic carbocycles. The zero-order valence-corrected chi connectivity index (χ0v) is 9.69. The Morgan fingerprint density at radius 1 is 1.55 bits per heavy atom. The number of thiophene rings is 1. The van der Waals surface area contributed by atoms with Crippen molar-refractivity contribution in [3.63, 3.8) is 0 Å². The molecule has 0 radical (unpaired) electrons. The van der Waals surface area contributed by atoms with E-state index in [1.165, 1.54) is 26.6 Å². The summed E-state index contributed by atoms with van der Waals surface area (Å²) in [6, 6.07) is 4.29. The fraction of sp³-hybridized carbons (Fsp3) is 0.500. The Morgan fingerprint density at radius 3 is 2.91 bits per heavy atom. The normalized spacial score (nSPS) is 10.4. The van der Waals surface area contributed by atoms with Crippen LogP contribution in [0.15, 0.2) is 20.1 Å². The summed E-state index contributed by atoms with van der Waals surface area (Å²) in [4.78, 5) is 0. The van der Waals surface area contributed by atoms with Crippen LogP contribution in [0.1, 0.15) is 19.8 Å². The third kappa shape index (κ3) is 3.63. The molecule has 0 aliphatic rings. The van der Waals surface area contributed by atoms with Crippen molar-refractivity contribution in [1.82, 2.24) is 0 Å². The van der Waals surface area contributed by atoms with Gasteiger partial charge in [0.1, 0.15) is 0 Å². The zero-order valence-electron chi connectivity index (χ0n) is 6.47. The molecule has 0 amide bonds. The summed E-state index contributed by atoms with van der Waals surface area (Å²) in [6.45, 7) is 2.23. The fourth-order valence-corrected chi connectivity index (χ4v) is 3.69. The highest BCUT2D eigenvalue weighted by atomic mass is 79.9. The SMILES string of the molecule is CCCCSc1ccc(Br)s1. The number of halogens is 1. The molecule has 0 nitrogen and oxygen atoms in total. The smallest absolute Gasteiger partial charge is 0.0710 e. The first-order chi connectivity index (χ1) is 5.33. The summed E-state index contributed by atoms with van der Waals surface area (Å²) in [5.41, 5.74) is 0. The van der Waals surface area contributed by atoms with E-state index in [4.69, 9.17) is 0 Å². The van der Waals surface area contributed by atoms with Crippen LogP contribution in [0.3, 0.4) is 0 Å². The summed E-state index contributed by atoms with van der Waals surface area (Å²) >= 11 is 7.22. The molecule has 11 heavy (non-hydrogen) atoms. The van der Waals surface area contributed by atoms with Gasteiger partial charge in [0.15, 0.2) is 0 Å². The summed E-state index contributed by atoms with van der Waals surface area (Å²) in [5, 5.41) is 0. The molecule has 0 fully saturated rings. The van der Waals surface area contributed by atoms with Crippen LogP contribution in [0.4, 0.5) is 0 Å². The van der Waals surface area contributed by atoms with E-state index in [0.29, 0.717) is 0 Å². The minimum Gasteiger partial charge on any atom is -0.122 e. The second-order valence-electron chi connectivity index (χ2n) is 2.26. The van der Waals surface area contributed by atoms with Crippen LogP contribution in [-0.2, 0) is 0 Å². The van der Waals surface area contributed by atoms with Crippen LogP contribution in [0.2, 0.25) is 0 Å². The predicted octanol–water partition coefficient (Wildman–Crippen LogP) is 4.40. The van der Waals surface area contributed by atoms with Gasteiger partial charge in [0.2, 0.25) is 0 Å². The molecule has 0 unspecified atom stereocenters. The topological polar surface area (TPSA) is 0 Å². The fourth-order valence-electron chi connectivity index (χ4n) is 0.692. The molecule has 62 valence electrons. The lowest BCUT2D eigenvalue weighted by Gasteiger charge is -1.93. The van der Waals surface area contributed by atoms with E-state index in [2.05, 4.69) is 35.0 Å². The molecule has 0 aliphatic carbocycles. The van der Waals surface area contributed by atoms with Crippen molar-refractivity contribution in [3.8, 4) is 0 Å². The number of hydrogen-bond donors (Lipinski definition) is 0. The molecule has 0 saturated carbocycles. The molecule has 0 saturated heterocycles. The minimum absolute atomic E-state index is 1.23. The van der Waals surface area contributed by atoms with E-state index in [0.717, 1.165) is 0 Å². The monoisotopic (exact) mass is 250 g/mol. The maximum atomic E-state index is 3.45. The third-order valence-electron chi connectivity index (χ3n) is 1.29. The molecule has 1 heterocycles. The van der Waals surface area contributed by atoms with Gasteiger partial charge in [-0.2, -0.15) is 0 Å². The van der Waals surface area contributed by atoms with Gasteiger partial charge in [0, 0.05) is 0 Å². The van der Waals surface area contributed by atoms with Crippen molar-refractivity contribution in [2.45, 2.75) is 24.0 Å². The highest BCUT2D eigenvalue weighted by Gasteiger charge is 1.96. The average molecular weight is 251 g/mol. The molecule has 0 aliphatic heterocycles. The van der Waals surface area contributed by atoms with Crippen molar-refractivity contribution in [2.24, 2.45) is 0 Å². The quantitative estimate of drug-likeness (QED) is 0.564. The highest BCUT2D eigenvalue weighted by molar-refractivity contribution is 9.11. The number of thioether (sulfide) groups is 1. The van der Waals surface area contributed by atoms with Gasteiger partial charge in [0.05, 0.1) is 8.00 Å². The van der Waals surface area contributed by atoms with Crippen LogP contribution in [0, 0.1) is 0 Å². The van der Waals surface area contributed by atoms with Crippen molar-refractivity contribution < 1.29 is 0 Å². The minimum atomic E-state index is 1.23. The molecular weight excluding hydrogens is 240 g/mol. The molecule has 3 heteroatoms. The van der Waals surface area contributed by atoms with Crippen molar-refractivity contribution >= 4 is 39.0 Å². The Labute approximate surface area is 84.5 Å². The standard InChI is InChI=1S/C8H11BrS2/c1-2-3-6-10-8-5-4-7(9)11-8/h4-5H,2-3,6H2,1H3. The summed E-state index contributed by atoms with van der Waals surface area (Å²) in [6.07, 6.45) is 2.61. The molecule has 1 aromatic heterocycles.